The van der Waals surface area contributed by atoms with E-state index in [2.05, 4.69) is 14.7 Å². The Kier molecular flexibility index (Phi) is 3.37. The number of aromatic nitrogens is 3. The third kappa shape index (κ3) is 2.89. The molecule has 2 heterocycles. The summed E-state index contributed by atoms with van der Waals surface area (Å²) in [5.74, 6) is 0.208. The Balaban J connectivity index is 2.01. The molecule has 2 rings (SSSR count). The van der Waals surface area contributed by atoms with Crippen molar-refractivity contribution in [3.05, 3.63) is 18.3 Å². The van der Waals surface area contributed by atoms with E-state index in [0.717, 1.165) is 0 Å². The van der Waals surface area contributed by atoms with E-state index in [1.807, 2.05) is 0 Å². The molecule has 0 saturated carbocycles. The van der Waals surface area contributed by atoms with Gasteiger partial charge in [0.2, 0.25) is 5.95 Å². The van der Waals surface area contributed by atoms with E-state index in [1.165, 1.54) is 4.57 Å². The molecule has 0 atom stereocenters. The van der Waals surface area contributed by atoms with E-state index in [1.54, 1.807) is 18.3 Å². The van der Waals surface area contributed by atoms with Gasteiger partial charge < -0.3 is 10.5 Å². The second-order valence-electron chi connectivity index (χ2n) is 3.64. The van der Waals surface area contributed by atoms with Crippen molar-refractivity contribution in [1.82, 2.24) is 14.5 Å². The summed E-state index contributed by atoms with van der Waals surface area (Å²) in [4.78, 5) is 8.11. The first-order valence-corrected chi connectivity index (χ1v) is 5.18. The van der Waals surface area contributed by atoms with Gasteiger partial charge in [-0.1, -0.05) is 0 Å². The molecular formula is C10H11F3N4O. The number of rotatable bonds is 4. The Morgan fingerprint density at radius 3 is 2.89 bits per heavy atom. The molecule has 0 radical (unpaired) electrons. The normalized spacial score (nSPS) is 12.2. The van der Waals surface area contributed by atoms with Crippen LogP contribution in [0, 0.1) is 0 Å². The Morgan fingerprint density at radius 2 is 2.17 bits per heavy atom. The summed E-state index contributed by atoms with van der Waals surface area (Å²) in [6, 6.07) is 3.44. The van der Waals surface area contributed by atoms with Gasteiger partial charge in [0.25, 0.3) is 0 Å². The molecule has 0 fully saturated rings. The van der Waals surface area contributed by atoms with Gasteiger partial charge >= 0.3 is 6.18 Å². The van der Waals surface area contributed by atoms with E-state index in [4.69, 9.17) is 5.73 Å². The van der Waals surface area contributed by atoms with Gasteiger partial charge in [0, 0.05) is 6.20 Å². The largest absolute Gasteiger partial charge is 0.411 e. The molecule has 0 unspecified atom stereocenters. The van der Waals surface area contributed by atoms with Crippen LogP contribution < -0.4 is 5.73 Å². The molecule has 0 bridgehead atoms. The minimum atomic E-state index is -4.32. The number of nitrogen functional groups attached to an aromatic ring is 1. The van der Waals surface area contributed by atoms with Gasteiger partial charge in [-0.2, -0.15) is 13.2 Å². The zero-order valence-electron chi connectivity index (χ0n) is 9.31. The molecule has 5 nitrogen and oxygen atoms in total. The number of nitrogens with zero attached hydrogens (tertiary/aromatic N) is 3. The molecular weight excluding hydrogens is 249 g/mol. The molecule has 2 aromatic heterocycles. The second kappa shape index (κ2) is 4.81. The van der Waals surface area contributed by atoms with Crippen LogP contribution in [0.4, 0.5) is 19.1 Å². The van der Waals surface area contributed by atoms with Crippen molar-refractivity contribution in [1.29, 1.82) is 0 Å². The number of alkyl halides is 3. The van der Waals surface area contributed by atoms with Crippen LogP contribution >= 0.6 is 0 Å². The first kappa shape index (κ1) is 12.6. The Bertz CT molecular complexity index is 537. The van der Waals surface area contributed by atoms with E-state index < -0.39 is 12.8 Å². The average Bonchev–Trinajstić information content (AvgIpc) is 2.59. The Labute approximate surface area is 100 Å². The molecule has 0 amide bonds. The van der Waals surface area contributed by atoms with Gasteiger partial charge in [-0.25, -0.2) is 9.97 Å². The van der Waals surface area contributed by atoms with Crippen LogP contribution in [0.2, 0.25) is 0 Å². The molecule has 2 aromatic rings. The zero-order valence-corrected chi connectivity index (χ0v) is 9.31. The molecule has 0 aliphatic heterocycles. The summed E-state index contributed by atoms with van der Waals surface area (Å²) in [5.41, 5.74) is 6.79. The Hall–Kier alpha value is -1.83. The lowest BCUT2D eigenvalue weighted by molar-refractivity contribution is -0.174. The van der Waals surface area contributed by atoms with Gasteiger partial charge in [0.1, 0.15) is 12.1 Å². The summed E-state index contributed by atoms with van der Waals surface area (Å²) in [6.45, 7) is -1.20. The monoisotopic (exact) mass is 260 g/mol. The first-order chi connectivity index (χ1) is 8.47. The van der Waals surface area contributed by atoms with Gasteiger partial charge in [-0.15, -0.1) is 0 Å². The molecule has 0 spiro atoms. The highest BCUT2D eigenvalue weighted by Crippen LogP contribution is 2.16. The lowest BCUT2D eigenvalue weighted by Gasteiger charge is -2.09. The standard InChI is InChI=1S/C10H11F3N4O/c11-10(12,13)6-18-5-4-17-8-7(16-9(17)14)2-1-3-15-8/h1-3H,4-6H2,(H2,14,16). The van der Waals surface area contributed by atoms with Crippen LogP contribution in [-0.4, -0.2) is 33.9 Å². The van der Waals surface area contributed by atoms with Crippen LogP contribution in [0.5, 0.6) is 0 Å². The number of hydrogen-bond donors (Lipinski definition) is 1. The molecule has 98 valence electrons. The minimum absolute atomic E-state index is 0.105. The smallest absolute Gasteiger partial charge is 0.370 e. The molecule has 8 heteroatoms. The van der Waals surface area contributed by atoms with E-state index in [-0.39, 0.29) is 19.1 Å². The van der Waals surface area contributed by atoms with Crippen molar-refractivity contribution in [3.63, 3.8) is 0 Å². The number of imidazole rings is 1. The highest BCUT2D eigenvalue weighted by Gasteiger charge is 2.27. The van der Waals surface area contributed by atoms with Crippen molar-refractivity contribution < 1.29 is 17.9 Å². The fourth-order valence-corrected chi connectivity index (χ4v) is 1.54. The van der Waals surface area contributed by atoms with Crippen molar-refractivity contribution in [2.45, 2.75) is 12.7 Å². The quantitative estimate of drug-likeness (QED) is 0.848. The molecule has 2 N–H and O–H groups in total. The van der Waals surface area contributed by atoms with Crippen LogP contribution in [0.1, 0.15) is 0 Å². The van der Waals surface area contributed by atoms with Gasteiger partial charge in [0.15, 0.2) is 5.65 Å². The first-order valence-electron chi connectivity index (χ1n) is 5.18. The summed E-state index contributed by atoms with van der Waals surface area (Å²) in [5, 5.41) is 0. The summed E-state index contributed by atoms with van der Waals surface area (Å²) in [6.07, 6.45) is -2.75. The maximum atomic E-state index is 11.9. The number of fused-ring (bicyclic) bond motifs is 1. The number of ether oxygens (including phenoxy) is 1. The lowest BCUT2D eigenvalue weighted by atomic mass is 10.4. The van der Waals surface area contributed by atoms with E-state index in [9.17, 15) is 13.2 Å². The van der Waals surface area contributed by atoms with Crippen LogP contribution in [0.3, 0.4) is 0 Å². The van der Waals surface area contributed by atoms with Crippen molar-refractivity contribution in [2.75, 3.05) is 18.9 Å². The molecule has 0 aliphatic carbocycles. The van der Waals surface area contributed by atoms with E-state index in [0.29, 0.717) is 11.2 Å². The third-order valence-electron chi connectivity index (χ3n) is 2.26. The van der Waals surface area contributed by atoms with Gasteiger partial charge in [0.05, 0.1) is 13.2 Å². The maximum absolute atomic E-state index is 11.9. The lowest BCUT2D eigenvalue weighted by Crippen LogP contribution is -2.19. The highest BCUT2D eigenvalue weighted by atomic mass is 19.4. The Morgan fingerprint density at radius 1 is 1.39 bits per heavy atom. The summed E-state index contributed by atoms with van der Waals surface area (Å²) in [7, 11) is 0. The number of nitrogens with two attached hydrogens (primary N) is 1. The second-order valence-corrected chi connectivity index (χ2v) is 3.64. The van der Waals surface area contributed by atoms with Crippen molar-refractivity contribution in [2.24, 2.45) is 0 Å². The molecule has 18 heavy (non-hydrogen) atoms. The zero-order chi connectivity index (χ0) is 13.2. The fourth-order valence-electron chi connectivity index (χ4n) is 1.54. The van der Waals surface area contributed by atoms with Crippen molar-refractivity contribution in [3.8, 4) is 0 Å². The maximum Gasteiger partial charge on any atom is 0.411 e. The van der Waals surface area contributed by atoms with E-state index >= 15 is 0 Å². The predicted octanol–water partition coefficient (Wildman–Crippen LogP) is 1.59. The predicted molar refractivity (Wildman–Crippen MR) is 58.8 cm³/mol. The SMILES string of the molecule is Nc1nc2cccnc2n1CCOCC(F)(F)F. The van der Waals surface area contributed by atoms with Crippen LogP contribution in [-0.2, 0) is 11.3 Å². The van der Waals surface area contributed by atoms with Gasteiger partial charge in [-0.05, 0) is 12.1 Å². The van der Waals surface area contributed by atoms with Gasteiger partial charge in [-0.3, -0.25) is 4.57 Å². The molecule has 0 aliphatic rings. The number of halogens is 3. The van der Waals surface area contributed by atoms with Crippen molar-refractivity contribution >= 4 is 17.1 Å². The fraction of sp³-hybridized carbons (Fsp3) is 0.400. The molecule has 0 aromatic carbocycles. The summed E-state index contributed by atoms with van der Waals surface area (Å²) >= 11 is 0. The molecule has 0 saturated heterocycles. The van der Waals surface area contributed by atoms with Crippen LogP contribution in [0.15, 0.2) is 18.3 Å². The highest BCUT2D eigenvalue weighted by molar-refractivity contribution is 5.73. The third-order valence-corrected chi connectivity index (χ3v) is 2.26. The minimum Gasteiger partial charge on any atom is -0.370 e. The topological polar surface area (TPSA) is 66.0 Å². The van der Waals surface area contributed by atoms with Crippen LogP contribution in [0.25, 0.3) is 11.2 Å². The summed E-state index contributed by atoms with van der Waals surface area (Å²) < 4.78 is 41.7. The number of hydrogen-bond acceptors (Lipinski definition) is 4. The number of anilines is 1. The average molecular weight is 260 g/mol. The number of pyridine rings is 1.